The molecule has 3 fully saturated rings. The minimum atomic E-state index is -0.567. The third-order valence-electron chi connectivity index (χ3n) is 5.06. The lowest BCUT2D eigenvalue weighted by molar-refractivity contribution is -0.189. The summed E-state index contributed by atoms with van der Waals surface area (Å²) in [5.74, 6) is -0.109. The van der Waals surface area contributed by atoms with Crippen LogP contribution in [0.25, 0.3) is 0 Å². The van der Waals surface area contributed by atoms with Gasteiger partial charge in [0.25, 0.3) is 0 Å². The summed E-state index contributed by atoms with van der Waals surface area (Å²) in [6.45, 7) is 0. The van der Waals surface area contributed by atoms with E-state index < -0.39 is 5.97 Å². The van der Waals surface area contributed by atoms with Crippen molar-refractivity contribution in [1.29, 1.82) is 0 Å². The Kier molecular flexibility index (Phi) is 3.12. The number of carbonyl (C=O) groups is 1. The highest BCUT2D eigenvalue weighted by molar-refractivity contribution is 5.71. The Labute approximate surface area is 103 Å². The Balaban J connectivity index is 1.85. The first-order valence-electron chi connectivity index (χ1n) is 7.15. The normalized spacial score (nSPS) is 45.8. The minimum absolute atomic E-state index is 0.126. The molecule has 96 valence electrons. The fourth-order valence-corrected chi connectivity index (χ4v) is 4.32. The maximum Gasteiger partial charge on any atom is 0.307 e. The maximum atomic E-state index is 11.6. The van der Waals surface area contributed by atoms with Gasteiger partial charge in [-0.2, -0.15) is 0 Å². The summed E-state index contributed by atoms with van der Waals surface area (Å²) in [6.07, 6.45) is 9.56. The molecular weight excluding hydrogens is 216 g/mol. The first-order chi connectivity index (χ1) is 8.27. The van der Waals surface area contributed by atoms with Crippen LogP contribution in [0, 0.1) is 17.8 Å². The van der Waals surface area contributed by atoms with Crippen molar-refractivity contribution in [3.8, 4) is 0 Å². The Bertz CT molecular complexity index is 280. The first kappa shape index (κ1) is 11.5. The van der Waals surface area contributed by atoms with Crippen LogP contribution in [0.5, 0.6) is 0 Å². The van der Waals surface area contributed by atoms with E-state index >= 15 is 0 Å². The van der Waals surface area contributed by atoms with Gasteiger partial charge in [0.2, 0.25) is 0 Å². The van der Waals surface area contributed by atoms with Crippen LogP contribution < -0.4 is 0 Å². The van der Waals surface area contributed by atoms with Crippen LogP contribution in [0.15, 0.2) is 0 Å². The molecule has 1 saturated heterocycles. The van der Waals surface area contributed by atoms with E-state index in [0.29, 0.717) is 11.8 Å². The monoisotopic (exact) mass is 238 g/mol. The molecule has 0 bridgehead atoms. The second-order valence-electron chi connectivity index (χ2n) is 5.97. The van der Waals surface area contributed by atoms with Crippen LogP contribution in [0.1, 0.15) is 51.4 Å². The summed E-state index contributed by atoms with van der Waals surface area (Å²) in [7, 11) is 0. The highest BCUT2D eigenvalue weighted by Crippen LogP contribution is 2.47. The predicted molar refractivity (Wildman–Crippen MR) is 63.7 cm³/mol. The van der Waals surface area contributed by atoms with Crippen molar-refractivity contribution in [1.82, 2.24) is 0 Å². The number of aliphatic carboxylic acids is 1. The van der Waals surface area contributed by atoms with Gasteiger partial charge in [-0.05, 0) is 37.5 Å². The Hall–Kier alpha value is -0.570. The van der Waals surface area contributed by atoms with Gasteiger partial charge in [0.15, 0.2) is 0 Å². The predicted octanol–water partition coefficient (Wildman–Crippen LogP) is 2.84. The molecule has 1 N–H and O–H groups in total. The number of hydrogen-bond donors (Lipinski definition) is 1. The quantitative estimate of drug-likeness (QED) is 0.764. The number of fused-ring (bicyclic) bond motifs is 2. The Morgan fingerprint density at radius 3 is 1.82 bits per heavy atom. The lowest BCUT2D eigenvalue weighted by Crippen LogP contribution is -2.52. The zero-order valence-corrected chi connectivity index (χ0v) is 10.3. The second kappa shape index (κ2) is 4.60. The van der Waals surface area contributed by atoms with Crippen LogP contribution in [0.2, 0.25) is 0 Å². The summed E-state index contributed by atoms with van der Waals surface area (Å²) in [6, 6.07) is 0. The molecule has 4 unspecified atom stereocenters. The molecule has 17 heavy (non-hydrogen) atoms. The molecule has 1 aliphatic heterocycles. The van der Waals surface area contributed by atoms with Gasteiger partial charge < -0.3 is 9.84 Å². The zero-order valence-electron chi connectivity index (χ0n) is 10.3. The standard InChI is InChI=1S/C14H22O3/c15-14(16)13-9-5-1-3-7-11(9)17-12-8-4-2-6-10(12)13/h9-13H,1-8H2,(H,15,16). The molecule has 4 atom stereocenters. The molecule has 0 amide bonds. The summed E-state index contributed by atoms with van der Waals surface area (Å²) in [5, 5.41) is 9.56. The van der Waals surface area contributed by atoms with Crippen molar-refractivity contribution >= 4 is 5.97 Å². The third kappa shape index (κ3) is 1.99. The van der Waals surface area contributed by atoms with Gasteiger partial charge in [0.1, 0.15) is 0 Å². The second-order valence-corrected chi connectivity index (χ2v) is 5.97. The topological polar surface area (TPSA) is 46.5 Å². The van der Waals surface area contributed by atoms with Crippen molar-refractivity contribution in [2.45, 2.75) is 63.6 Å². The van der Waals surface area contributed by atoms with E-state index in [1.807, 2.05) is 0 Å². The van der Waals surface area contributed by atoms with Crippen LogP contribution in [0.3, 0.4) is 0 Å². The van der Waals surface area contributed by atoms with Gasteiger partial charge in [0, 0.05) is 0 Å². The number of rotatable bonds is 1. The summed E-state index contributed by atoms with van der Waals surface area (Å²) in [5.41, 5.74) is 0. The fourth-order valence-electron chi connectivity index (χ4n) is 4.32. The number of carboxylic acids is 1. The van der Waals surface area contributed by atoms with E-state index in [1.54, 1.807) is 0 Å². The van der Waals surface area contributed by atoms with E-state index in [2.05, 4.69) is 0 Å². The lowest BCUT2D eigenvalue weighted by Gasteiger charge is -2.49. The van der Waals surface area contributed by atoms with E-state index in [0.717, 1.165) is 25.7 Å². The van der Waals surface area contributed by atoms with Crippen molar-refractivity contribution in [3.63, 3.8) is 0 Å². The van der Waals surface area contributed by atoms with Crippen molar-refractivity contribution < 1.29 is 14.6 Å². The average Bonchev–Trinajstić information content (AvgIpc) is 2.35. The van der Waals surface area contributed by atoms with Gasteiger partial charge in [-0.15, -0.1) is 0 Å². The van der Waals surface area contributed by atoms with Crippen LogP contribution >= 0.6 is 0 Å². The number of hydrogen-bond acceptors (Lipinski definition) is 2. The molecule has 3 rings (SSSR count). The van der Waals surface area contributed by atoms with E-state index in [9.17, 15) is 9.90 Å². The number of carboxylic acid groups (broad SMARTS) is 1. The van der Waals surface area contributed by atoms with E-state index in [-0.39, 0.29) is 18.1 Å². The highest BCUT2D eigenvalue weighted by Gasteiger charge is 2.49. The molecule has 0 aromatic carbocycles. The molecular formula is C14H22O3. The molecule has 0 aromatic heterocycles. The molecule has 2 aliphatic carbocycles. The van der Waals surface area contributed by atoms with E-state index in [4.69, 9.17) is 4.74 Å². The van der Waals surface area contributed by atoms with Gasteiger partial charge in [-0.1, -0.05) is 25.7 Å². The van der Waals surface area contributed by atoms with Crippen LogP contribution in [-0.4, -0.2) is 23.3 Å². The van der Waals surface area contributed by atoms with Crippen molar-refractivity contribution in [3.05, 3.63) is 0 Å². The summed E-state index contributed by atoms with van der Waals surface area (Å²) < 4.78 is 6.21. The molecule has 3 aliphatic rings. The van der Waals surface area contributed by atoms with Gasteiger partial charge in [-0.25, -0.2) is 0 Å². The molecule has 2 saturated carbocycles. The highest BCUT2D eigenvalue weighted by atomic mass is 16.5. The average molecular weight is 238 g/mol. The van der Waals surface area contributed by atoms with Crippen molar-refractivity contribution in [2.24, 2.45) is 17.8 Å². The summed E-state index contributed by atoms with van der Waals surface area (Å²) in [4.78, 5) is 11.6. The summed E-state index contributed by atoms with van der Waals surface area (Å²) >= 11 is 0. The first-order valence-corrected chi connectivity index (χ1v) is 7.15. The third-order valence-corrected chi connectivity index (χ3v) is 5.06. The van der Waals surface area contributed by atoms with Crippen LogP contribution in [-0.2, 0) is 9.53 Å². The largest absolute Gasteiger partial charge is 0.481 e. The molecule has 1 heterocycles. The maximum absolute atomic E-state index is 11.6. The molecule has 0 radical (unpaired) electrons. The van der Waals surface area contributed by atoms with Gasteiger partial charge >= 0.3 is 5.97 Å². The number of ether oxygens (including phenoxy) is 1. The molecule has 0 spiro atoms. The van der Waals surface area contributed by atoms with Crippen LogP contribution in [0.4, 0.5) is 0 Å². The Morgan fingerprint density at radius 2 is 1.35 bits per heavy atom. The Morgan fingerprint density at radius 1 is 0.882 bits per heavy atom. The fraction of sp³-hybridized carbons (Fsp3) is 0.929. The van der Waals surface area contributed by atoms with Gasteiger partial charge in [-0.3, -0.25) is 4.79 Å². The van der Waals surface area contributed by atoms with Crippen molar-refractivity contribution in [2.75, 3.05) is 0 Å². The molecule has 3 nitrogen and oxygen atoms in total. The van der Waals surface area contributed by atoms with E-state index in [1.165, 1.54) is 25.7 Å². The molecule has 3 heteroatoms. The van der Waals surface area contributed by atoms with Gasteiger partial charge in [0.05, 0.1) is 18.1 Å². The SMILES string of the molecule is O=C(O)C1C2CCCCC2OC2CCCCC21. The lowest BCUT2D eigenvalue weighted by atomic mass is 9.65. The zero-order chi connectivity index (χ0) is 11.8. The molecule has 0 aromatic rings. The minimum Gasteiger partial charge on any atom is -0.481 e. The smallest absolute Gasteiger partial charge is 0.307 e.